The molecule has 1 amide bonds. The van der Waals surface area contributed by atoms with Crippen LogP contribution in [0, 0.1) is 0 Å². The van der Waals surface area contributed by atoms with Gasteiger partial charge >= 0.3 is 0 Å². The fourth-order valence-electron chi connectivity index (χ4n) is 1.91. The number of thioether (sulfide) groups is 1. The molecule has 18 heavy (non-hydrogen) atoms. The first-order valence-corrected chi connectivity index (χ1v) is 6.93. The minimum Gasteiger partial charge on any atom is -0.304 e. The molecule has 1 aliphatic heterocycles. The van der Waals surface area contributed by atoms with Crippen LogP contribution >= 0.6 is 11.8 Å². The van der Waals surface area contributed by atoms with Crippen LogP contribution in [0.5, 0.6) is 0 Å². The third kappa shape index (κ3) is 2.93. The Bertz CT molecular complexity index is 470. The molecule has 0 unspecified atom stereocenters. The third-order valence-corrected chi connectivity index (χ3v) is 3.96. The van der Waals surface area contributed by atoms with E-state index < -0.39 is 4.75 Å². The maximum absolute atomic E-state index is 12.1. The number of rotatable bonds is 3. The molecule has 2 rings (SSSR count). The number of carbonyl (C=O) groups is 1. The minimum absolute atomic E-state index is 0.0516. The lowest BCUT2D eigenvalue weighted by atomic mass is 10.00. The highest BCUT2D eigenvalue weighted by molar-refractivity contribution is 8.16. The molecule has 0 aliphatic carbocycles. The summed E-state index contributed by atoms with van der Waals surface area (Å²) < 4.78 is -0.449. The Morgan fingerprint density at radius 1 is 1.33 bits per heavy atom. The standard InChI is InChI=1S/C14H18N2OS/c1-10(2)15-13-16-12(17)14(3,18-13)9-11-7-5-4-6-8-11/h4-8,10H,9H2,1-3H3,(H,15,16,17)/t14-/m0/s1. The van der Waals surface area contributed by atoms with Crippen LogP contribution in [0.25, 0.3) is 0 Å². The zero-order valence-corrected chi connectivity index (χ0v) is 11.8. The van der Waals surface area contributed by atoms with Gasteiger partial charge in [0.2, 0.25) is 5.91 Å². The SMILES string of the molecule is CC(C)N=C1NC(=O)[C@](C)(Cc2ccccc2)S1. The second-order valence-corrected chi connectivity index (χ2v) is 6.47. The highest BCUT2D eigenvalue weighted by atomic mass is 32.2. The molecule has 0 aromatic heterocycles. The molecule has 1 aliphatic rings. The molecule has 0 radical (unpaired) electrons. The van der Waals surface area contributed by atoms with E-state index in [0.717, 1.165) is 11.6 Å². The Kier molecular flexibility index (Phi) is 3.76. The lowest BCUT2D eigenvalue weighted by Gasteiger charge is -2.18. The van der Waals surface area contributed by atoms with Gasteiger partial charge < -0.3 is 5.32 Å². The van der Waals surface area contributed by atoms with Gasteiger partial charge in [-0.25, -0.2) is 0 Å². The van der Waals surface area contributed by atoms with E-state index in [1.165, 1.54) is 17.3 Å². The van der Waals surface area contributed by atoms with Crippen molar-refractivity contribution >= 4 is 22.8 Å². The molecule has 3 nitrogen and oxygen atoms in total. The van der Waals surface area contributed by atoms with Crippen LogP contribution < -0.4 is 5.32 Å². The largest absolute Gasteiger partial charge is 0.304 e. The van der Waals surface area contributed by atoms with Gasteiger partial charge in [0.1, 0.15) is 4.75 Å². The number of nitrogens with one attached hydrogen (secondary N) is 1. The average Bonchev–Trinajstić information content (AvgIpc) is 2.54. The third-order valence-electron chi connectivity index (χ3n) is 2.78. The van der Waals surface area contributed by atoms with Crippen molar-refractivity contribution in [2.24, 2.45) is 4.99 Å². The van der Waals surface area contributed by atoms with Crippen LogP contribution in [0.4, 0.5) is 0 Å². The van der Waals surface area contributed by atoms with Gasteiger partial charge in [-0.2, -0.15) is 0 Å². The van der Waals surface area contributed by atoms with Crippen molar-refractivity contribution in [3.05, 3.63) is 35.9 Å². The predicted molar refractivity (Wildman–Crippen MR) is 76.9 cm³/mol. The van der Waals surface area contributed by atoms with E-state index in [4.69, 9.17) is 0 Å². The van der Waals surface area contributed by atoms with Crippen molar-refractivity contribution in [3.8, 4) is 0 Å². The molecule has 1 saturated heterocycles. The monoisotopic (exact) mass is 262 g/mol. The topological polar surface area (TPSA) is 41.5 Å². The maximum atomic E-state index is 12.1. The molecule has 0 saturated carbocycles. The van der Waals surface area contributed by atoms with Crippen LogP contribution in [0.15, 0.2) is 35.3 Å². The molecule has 1 aromatic carbocycles. The summed E-state index contributed by atoms with van der Waals surface area (Å²) in [6.45, 7) is 5.99. The number of amides is 1. The summed E-state index contributed by atoms with van der Waals surface area (Å²) >= 11 is 1.53. The lowest BCUT2D eigenvalue weighted by Crippen LogP contribution is -2.35. The predicted octanol–water partition coefficient (Wildman–Crippen LogP) is 2.62. The molecule has 96 valence electrons. The highest BCUT2D eigenvalue weighted by Gasteiger charge is 2.42. The van der Waals surface area contributed by atoms with Crippen LogP contribution in [0.2, 0.25) is 0 Å². The lowest BCUT2D eigenvalue weighted by molar-refractivity contribution is -0.121. The van der Waals surface area contributed by atoms with E-state index in [2.05, 4.69) is 22.4 Å². The summed E-state index contributed by atoms with van der Waals surface area (Å²) in [5.74, 6) is 0.0516. The van der Waals surface area contributed by atoms with Crippen molar-refractivity contribution in [3.63, 3.8) is 0 Å². The first-order chi connectivity index (χ1) is 8.49. The Morgan fingerprint density at radius 3 is 2.61 bits per heavy atom. The summed E-state index contributed by atoms with van der Waals surface area (Å²) in [4.78, 5) is 16.5. The molecule has 4 heteroatoms. The first-order valence-electron chi connectivity index (χ1n) is 6.12. The van der Waals surface area contributed by atoms with Crippen LogP contribution in [0.3, 0.4) is 0 Å². The van der Waals surface area contributed by atoms with Gasteiger partial charge in [0.25, 0.3) is 0 Å². The molecule has 1 N–H and O–H groups in total. The number of aliphatic imine (C=N–C) groups is 1. The van der Waals surface area contributed by atoms with E-state index in [0.29, 0.717) is 0 Å². The van der Waals surface area contributed by atoms with Crippen molar-refractivity contribution in [1.29, 1.82) is 0 Å². The first kappa shape index (κ1) is 13.1. The molecule has 1 fully saturated rings. The Labute approximate surface area is 112 Å². The van der Waals surface area contributed by atoms with Crippen molar-refractivity contribution in [1.82, 2.24) is 5.32 Å². The molecule has 0 spiro atoms. The molecular formula is C14H18N2OS. The quantitative estimate of drug-likeness (QED) is 0.909. The number of benzene rings is 1. The number of amidine groups is 1. The van der Waals surface area contributed by atoms with Crippen molar-refractivity contribution in [2.45, 2.75) is 38.0 Å². The van der Waals surface area contributed by atoms with Gasteiger partial charge in [0, 0.05) is 6.04 Å². The van der Waals surface area contributed by atoms with E-state index in [1.807, 2.05) is 39.0 Å². The Hall–Kier alpha value is -1.29. The summed E-state index contributed by atoms with van der Waals surface area (Å²) in [5.41, 5.74) is 1.17. The molecule has 1 aromatic rings. The maximum Gasteiger partial charge on any atom is 0.242 e. The Morgan fingerprint density at radius 2 is 2.00 bits per heavy atom. The smallest absolute Gasteiger partial charge is 0.242 e. The van der Waals surface area contributed by atoms with Crippen LogP contribution in [-0.2, 0) is 11.2 Å². The van der Waals surface area contributed by atoms with Gasteiger partial charge in [-0.3, -0.25) is 9.79 Å². The van der Waals surface area contributed by atoms with Gasteiger partial charge in [-0.1, -0.05) is 42.1 Å². The number of hydrogen-bond acceptors (Lipinski definition) is 3. The zero-order valence-electron chi connectivity index (χ0n) is 10.9. The summed E-state index contributed by atoms with van der Waals surface area (Å²) in [6, 6.07) is 10.3. The van der Waals surface area contributed by atoms with Crippen molar-refractivity contribution in [2.75, 3.05) is 0 Å². The van der Waals surface area contributed by atoms with Gasteiger partial charge in [0.15, 0.2) is 5.17 Å². The molecule has 1 heterocycles. The molecule has 0 bridgehead atoms. The van der Waals surface area contributed by atoms with E-state index in [1.54, 1.807) is 0 Å². The molecular weight excluding hydrogens is 244 g/mol. The van der Waals surface area contributed by atoms with E-state index in [9.17, 15) is 4.79 Å². The highest BCUT2D eigenvalue weighted by Crippen LogP contribution is 2.35. The summed E-state index contributed by atoms with van der Waals surface area (Å²) in [7, 11) is 0. The van der Waals surface area contributed by atoms with E-state index in [-0.39, 0.29) is 11.9 Å². The fraction of sp³-hybridized carbons (Fsp3) is 0.429. The number of hydrogen-bond donors (Lipinski definition) is 1. The second kappa shape index (κ2) is 5.14. The van der Waals surface area contributed by atoms with Gasteiger partial charge in [-0.15, -0.1) is 0 Å². The van der Waals surface area contributed by atoms with Gasteiger partial charge in [0.05, 0.1) is 0 Å². The normalized spacial score (nSPS) is 25.8. The Balaban J connectivity index is 2.15. The van der Waals surface area contributed by atoms with Crippen LogP contribution in [0.1, 0.15) is 26.3 Å². The van der Waals surface area contributed by atoms with Gasteiger partial charge in [-0.05, 0) is 32.8 Å². The van der Waals surface area contributed by atoms with Crippen LogP contribution in [-0.4, -0.2) is 21.9 Å². The zero-order chi connectivity index (χ0) is 13.2. The fourth-order valence-corrected chi connectivity index (χ4v) is 3.13. The summed E-state index contributed by atoms with van der Waals surface area (Å²) in [6.07, 6.45) is 0.724. The number of nitrogens with zero attached hydrogens (tertiary/aromatic N) is 1. The minimum atomic E-state index is -0.449. The summed E-state index contributed by atoms with van der Waals surface area (Å²) in [5, 5.41) is 3.61. The number of carbonyl (C=O) groups excluding carboxylic acids is 1. The van der Waals surface area contributed by atoms with Crippen molar-refractivity contribution < 1.29 is 4.79 Å². The molecule has 1 atom stereocenters. The average molecular weight is 262 g/mol. The second-order valence-electron chi connectivity index (χ2n) is 4.98. The van der Waals surface area contributed by atoms with E-state index >= 15 is 0 Å².